The molecule has 0 N–H and O–H groups in total. The third-order valence-electron chi connectivity index (χ3n) is 0.634. The third-order valence-corrected chi connectivity index (χ3v) is 1.19. The molecule has 0 saturated heterocycles. The summed E-state index contributed by atoms with van der Waals surface area (Å²) < 4.78 is 0. The quantitative estimate of drug-likeness (QED) is 0.262. The van der Waals surface area contributed by atoms with E-state index in [0.717, 1.165) is 11.8 Å². The Labute approximate surface area is 86.8 Å². The molecule has 0 aliphatic carbocycles. The van der Waals surface area contributed by atoms with Crippen LogP contribution in [0.2, 0.25) is 0 Å². The van der Waals surface area contributed by atoms with E-state index in [1.54, 1.807) is 0 Å². The summed E-state index contributed by atoms with van der Waals surface area (Å²) in [5.74, 6) is 0. The summed E-state index contributed by atoms with van der Waals surface area (Å²) in [5, 5.41) is 1.13. The minimum absolute atomic E-state index is 0. The van der Waals surface area contributed by atoms with E-state index in [0.29, 0.717) is 0 Å². The molecule has 0 radical (unpaired) electrons. The van der Waals surface area contributed by atoms with E-state index < -0.39 is 0 Å². The maximum absolute atomic E-state index is 3.70. The molecule has 0 aliphatic heterocycles. The average molecular weight is 254 g/mol. The first-order chi connectivity index (χ1) is 2.91. The average Bonchev–Trinajstić information content (AvgIpc) is 1.61. The number of rotatable bonds is 3. The Morgan fingerprint density at radius 3 is 1.88 bits per heavy atom. The van der Waals surface area contributed by atoms with Gasteiger partial charge in [0.25, 0.3) is 0 Å². The van der Waals surface area contributed by atoms with E-state index >= 15 is 0 Å². The summed E-state index contributed by atoms with van der Waals surface area (Å²) in [6, 6.07) is 0. The third kappa shape index (κ3) is 15.6. The Morgan fingerprint density at radius 1 is 1.25 bits per heavy atom. The van der Waals surface area contributed by atoms with E-state index in [1.807, 2.05) is 0 Å². The van der Waals surface area contributed by atoms with E-state index in [2.05, 4.69) is 22.9 Å². The monoisotopic (exact) mass is 252 g/mol. The normalized spacial score (nSPS) is 6.75. The largest absolute Gasteiger partial charge is 2.00 e. The van der Waals surface area contributed by atoms with Crippen LogP contribution < -0.4 is 17.0 Å². The molecule has 0 saturated carbocycles. The van der Waals surface area contributed by atoms with Crippen molar-refractivity contribution in [3.05, 3.63) is 6.92 Å². The molecule has 3 heteroatoms. The van der Waals surface area contributed by atoms with Crippen LogP contribution in [0.4, 0.5) is 0 Å². The van der Waals surface area contributed by atoms with Crippen LogP contribution in [0.25, 0.3) is 0 Å². The van der Waals surface area contributed by atoms with Crippen molar-refractivity contribution >= 4 is 39.0 Å². The number of unbranched alkanes of at least 4 members (excludes halogenated alkanes) is 2. The van der Waals surface area contributed by atoms with Gasteiger partial charge < -0.3 is 23.9 Å². The van der Waals surface area contributed by atoms with Crippen LogP contribution in [0.5, 0.6) is 0 Å². The second-order valence-electron chi connectivity index (χ2n) is 1.25. The first kappa shape index (κ1) is 16.4. The number of halogens is 2. The molecule has 0 bridgehead atoms. The zero-order valence-electron chi connectivity index (χ0n) is 5.00. The molecule has 0 aromatic heterocycles. The van der Waals surface area contributed by atoms with Crippen LogP contribution in [0.1, 0.15) is 19.3 Å². The SMILES string of the molecule is [Br-].[CH2-]CCCCBr.[Mg+2]. The predicted octanol–water partition coefficient (Wildman–Crippen LogP) is -0.991. The van der Waals surface area contributed by atoms with Crippen LogP contribution in [0.3, 0.4) is 0 Å². The van der Waals surface area contributed by atoms with Gasteiger partial charge >= 0.3 is 23.1 Å². The Hall–Kier alpha value is 1.73. The molecule has 0 aromatic carbocycles. The number of alkyl halides is 1. The van der Waals surface area contributed by atoms with Gasteiger partial charge in [-0.3, -0.25) is 0 Å². The van der Waals surface area contributed by atoms with E-state index in [4.69, 9.17) is 0 Å². The molecule has 46 valence electrons. The molecule has 0 heterocycles. The Bertz CT molecular complexity index is 22.4. The summed E-state index contributed by atoms with van der Waals surface area (Å²) in [6.45, 7) is 3.70. The molecule has 0 fully saturated rings. The van der Waals surface area contributed by atoms with Gasteiger partial charge in [0.15, 0.2) is 0 Å². The van der Waals surface area contributed by atoms with Gasteiger partial charge in [-0.25, -0.2) is 0 Å². The zero-order valence-corrected chi connectivity index (χ0v) is 9.58. The smallest absolute Gasteiger partial charge is 1.00 e. The molecule has 0 aliphatic rings. The maximum Gasteiger partial charge on any atom is 2.00 e. The molecular weight excluding hydrogens is 244 g/mol. The molecule has 8 heavy (non-hydrogen) atoms. The predicted molar refractivity (Wildman–Crippen MR) is 38.8 cm³/mol. The molecule has 0 spiro atoms. The van der Waals surface area contributed by atoms with Crippen molar-refractivity contribution in [3.8, 4) is 0 Å². The first-order valence-electron chi connectivity index (χ1n) is 2.27. The standard InChI is InChI=1S/C5H10Br.BrH.Mg/c1-2-3-4-5-6;;/h1-5H2;1H;/q-1;;+2/p-1. The maximum atomic E-state index is 3.70. The molecule has 0 unspecified atom stereocenters. The zero-order chi connectivity index (χ0) is 4.83. The van der Waals surface area contributed by atoms with Gasteiger partial charge in [0, 0.05) is 5.33 Å². The van der Waals surface area contributed by atoms with Crippen molar-refractivity contribution in [1.82, 2.24) is 0 Å². The van der Waals surface area contributed by atoms with Gasteiger partial charge in [-0.15, -0.1) is 0 Å². The second kappa shape index (κ2) is 15.9. The van der Waals surface area contributed by atoms with Crippen molar-refractivity contribution in [1.29, 1.82) is 0 Å². The first-order valence-corrected chi connectivity index (χ1v) is 3.39. The number of hydrogen-bond acceptors (Lipinski definition) is 0. The topological polar surface area (TPSA) is 0 Å². The number of hydrogen-bond donors (Lipinski definition) is 0. The van der Waals surface area contributed by atoms with Gasteiger partial charge in [-0.05, 0) is 6.42 Å². The minimum Gasteiger partial charge on any atom is -1.00 e. The van der Waals surface area contributed by atoms with E-state index in [-0.39, 0.29) is 40.0 Å². The summed E-state index contributed by atoms with van der Waals surface area (Å²) >= 11 is 3.32. The van der Waals surface area contributed by atoms with Crippen LogP contribution in [-0.4, -0.2) is 28.4 Å². The van der Waals surface area contributed by atoms with E-state index in [9.17, 15) is 0 Å². The summed E-state index contributed by atoms with van der Waals surface area (Å²) in [5.41, 5.74) is 0. The van der Waals surface area contributed by atoms with E-state index in [1.165, 1.54) is 12.8 Å². The Morgan fingerprint density at radius 2 is 1.75 bits per heavy atom. The molecule has 0 atom stereocenters. The van der Waals surface area contributed by atoms with Crippen LogP contribution >= 0.6 is 15.9 Å². The molecule has 0 amide bonds. The Kier molecular flexibility index (Phi) is 32.5. The fourth-order valence-electron chi connectivity index (χ4n) is 0.271. The van der Waals surface area contributed by atoms with Gasteiger partial charge in [-0.1, -0.05) is 22.4 Å². The van der Waals surface area contributed by atoms with Gasteiger partial charge in [0.05, 0.1) is 0 Å². The fraction of sp³-hybridized carbons (Fsp3) is 0.800. The van der Waals surface area contributed by atoms with Crippen molar-refractivity contribution in [3.63, 3.8) is 0 Å². The van der Waals surface area contributed by atoms with Crippen molar-refractivity contribution in [2.24, 2.45) is 0 Å². The van der Waals surface area contributed by atoms with Crippen molar-refractivity contribution in [2.45, 2.75) is 19.3 Å². The van der Waals surface area contributed by atoms with Crippen molar-refractivity contribution in [2.75, 3.05) is 5.33 Å². The van der Waals surface area contributed by atoms with Crippen LogP contribution in [0, 0.1) is 6.92 Å². The molecular formula is C5H10Br2Mg. The van der Waals surface area contributed by atoms with Crippen LogP contribution in [0.15, 0.2) is 0 Å². The summed E-state index contributed by atoms with van der Waals surface area (Å²) in [7, 11) is 0. The summed E-state index contributed by atoms with van der Waals surface area (Å²) in [4.78, 5) is 0. The summed E-state index contributed by atoms with van der Waals surface area (Å²) in [6.07, 6.45) is 3.60. The second-order valence-corrected chi connectivity index (χ2v) is 2.04. The Balaban J connectivity index is -0.000000125. The van der Waals surface area contributed by atoms with Crippen LogP contribution in [-0.2, 0) is 0 Å². The minimum atomic E-state index is 0. The molecule has 0 aromatic rings. The molecule has 0 rings (SSSR count). The fourth-order valence-corrected chi connectivity index (χ4v) is 0.668. The van der Waals surface area contributed by atoms with Gasteiger partial charge in [-0.2, -0.15) is 6.42 Å². The van der Waals surface area contributed by atoms with Gasteiger partial charge in [0.2, 0.25) is 0 Å². The van der Waals surface area contributed by atoms with Gasteiger partial charge in [0.1, 0.15) is 0 Å². The van der Waals surface area contributed by atoms with Crippen molar-refractivity contribution < 1.29 is 17.0 Å². The molecule has 0 nitrogen and oxygen atoms in total.